The lowest BCUT2D eigenvalue weighted by molar-refractivity contribution is -0.160. The minimum atomic E-state index is -2.05. The van der Waals surface area contributed by atoms with E-state index in [1.165, 1.54) is 11.8 Å². The third kappa shape index (κ3) is 4.79. The number of carboxylic acid groups (broad SMARTS) is 1. The monoisotopic (exact) mass is 412 g/mol. The SMILES string of the molecule is O=PCC(O)(C(=O)O)C(CSc1ccc2ccccc2c1)Cc1ccccc1. The van der Waals surface area contributed by atoms with Crippen molar-refractivity contribution < 1.29 is 19.6 Å². The van der Waals surface area contributed by atoms with E-state index >= 15 is 0 Å². The number of aliphatic carboxylic acids is 1. The van der Waals surface area contributed by atoms with Crippen LogP contribution >= 0.6 is 20.2 Å². The number of carbonyl (C=O) groups is 1. The quantitative estimate of drug-likeness (QED) is 0.386. The number of hydrogen-bond acceptors (Lipinski definition) is 4. The molecule has 0 fully saturated rings. The molecule has 0 amide bonds. The second-order valence-electron chi connectivity index (χ2n) is 6.72. The Morgan fingerprint density at radius 1 is 1.00 bits per heavy atom. The maximum atomic E-state index is 11.8. The topological polar surface area (TPSA) is 74.6 Å². The molecule has 0 spiro atoms. The van der Waals surface area contributed by atoms with E-state index in [0.29, 0.717) is 12.2 Å². The standard InChI is InChI=1S/C22H21O4PS/c23-21(24)22(25,15-27-26)19(12-16-6-2-1-3-7-16)14-28-20-11-10-17-8-4-5-9-18(17)13-20/h1-11,13,19,25H,12,14-15H2,(H,23,24). The van der Waals surface area contributed by atoms with E-state index in [2.05, 4.69) is 6.07 Å². The Hall–Kier alpha value is -2.20. The summed E-state index contributed by atoms with van der Waals surface area (Å²) in [5.41, 5.74) is -1.11. The first kappa shape index (κ1) is 20.5. The lowest BCUT2D eigenvalue weighted by Gasteiger charge is -2.31. The van der Waals surface area contributed by atoms with Gasteiger partial charge in [0.2, 0.25) is 0 Å². The zero-order valence-corrected chi connectivity index (χ0v) is 16.9. The molecular weight excluding hydrogens is 391 g/mol. The molecule has 0 heterocycles. The molecule has 3 aromatic carbocycles. The highest BCUT2D eigenvalue weighted by molar-refractivity contribution is 7.99. The van der Waals surface area contributed by atoms with Crippen LogP contribution in [0.2, 0.25) is 0 Å². The van der Waals surface area contributed by atoms with E-state index in [-0.39, 0.29) is 14.6 Å². The molecule has 0 aliphatic rings. The molecule has 0 radical (unpaired) electrons. The van der Waals surface area contributed by atoms with Crippen LogP contribution in [0.1, 0.15) is 5.56 Å². The summed E-state index contributed by atoms with van der Waals surface area (Å²) in [7, 11) is -0.384. The van der Waals surface area contributed by atoms with Crippen molar-refractivity contribution in [2.75, 3.05) is 11.9 Å². The second kappa shape index (κ2) is 9.33. The molecular formula is C22H21O4PS. The van der Waals surface area contributed by atoms with Gasteiger partial charge in [0.15, 0.2) is 14.1 Å². The zero-order valence-electron chi connectivity index (χ0n) is 15.2. The molecule has 3 aromatic rings. The summed E-state index contributed by atoms with van der Waals surface area (Å²) in [6.45, 7) is 0. The van der Waals surface area contributed by atoms with Crippen LogP contribution in [0.5, 0.6) is 0 Å². The van der Waals surface area contributed by atoms with Gasteiger partial charge in [0.05, 0.1) is 6.16 Å². The van der Waals surface area contributed by atoms with Crippen molar-refractivity contribution in [2.45, 2.75) is 16.9 Å². The summed E-state index contributed by atoms with van der Waals surface area (Å²) >= 11 is 1.50. The summed E-state index contributed by atoms with van der Waals surface area (Å²) in [6.07, 6.45) is 0.0534. The third-order valence-corrected chi connectivity index (χ3v) is 6.62. The van der Waals surface area contributed by atoms with Gasteiger partial charge in [-0.15, -0.1) is 11.8 Å². The molecule has 0 saturated heterocycles. The number of carboxylic acids is 1. The van der Waals surface area contributed by atoms with Crippen molar-refractivity contribution in [1.82, 2.24) is 0 Å². The maximum Gasteiger partial charge on any atom is 0.336 e. The Kier molecular flexibility index (Phi) is 6.84. The fourth-order valence-electron chi connectivity index (χ4n) is 3.19. The van der Waals surface area contributed by atoms with Gasteiger partial charge in [-0.25, -0.2) is 4.79 Å². The van der Waals surface area contributed by atoms with E-state index in [1.807, 2.05) is 66.7 Å². The molecule has 4 nitrogen and oxygen atoms in total. The number of hydrogen-bond donors (Lipinski definition) is 2. The first-order chi connectivity index (χ1) is 13.5. The Morgan fingerprint density at radius 2 is 1.68 bits per heavy atom. The van der Waals surface area contributed by atoms with Gasteiger partial charge in [0.25, 0.3) is 0 Å². The molecule has 2 N–H and O–H groups in total. The number of benzene rings is 3. The molecule has 28 heavy (non-hydrogen) atoms. The van der Waals surface area contributed by atoms with Crippen molar-refractivity contribution in [2.24, 2.45) is 5.92 Å². The van der Waals surface area contributed by atoms with Gasteiger partial charge >= 0.3 is 5.97 Å². The van der Waals surface area contributed by atoms with Gasteiger partial charge < -0.3 is 10.2 Å². The van der Waals surface area contributed by atoms with E-state index in [1.54, 1.807) is 0 Å². The molecule has 0 aliphatic heterocycles. The Labute approximate surface area is 169 Å². The first-order valence-corrected chi connectivity index (χ1v) is 10.9. The van der Waals surface area contributed by atoms with Crippen LogP contribution in [-0.4, -0.2) is 33.7 Å². The first-order valence-electron chi connectivity index (χ1n) is 8.93. The molecule has 0 saturated carbocycles. The predicted molar refractivity (Wildman–Crippen MR) is 113 cm³/mol. The van der Waals surface area contributed by atoms with Crippen LogP contribution in [0.15, 0.2) is 77.7 Å². The molecule has 144 valence electrons. The zero-order chi connectivity index (χ0) is 20.0. The number of fused-ring (bicyclic) bond motifs is 1. The minimum absolute atomic E-state index is 0.335. The number of aliphatic hydroxyl groups is 1. The Morgan fingerprint density at radius 3 is 2.36 bits per heavy atom. The smallest absolute Gasteiger partial charge is 0.336 e. The Bertz CT molecular complexity index is 963. The van der Waals surface area contributed by atoms with Crippen LogP contribution < -0.4 is 0 Å². The number of rotatable bonds is 9. The molecule has 3 rings (SSSR count). The normalized spacial score (nSPS) is 14.6. The predicted octanol–water partition coefficient (Wildman–Crippen LogP) is 4.90. The van der Waals surface area contributed by atoms with E-state index in [0.717, 1.165) is 21.2 Å². The van der Waals surface area contributed by atoms with Crippen LogP contribution in [0.3, 0.4) is 0 Å². The van der Waals surface area contributed by atoms with Crippen LogP contribution in [0.25, 0.3) is 10.8 Å². The average Bonchev–Trinajstić information content (AvgIpc) is 2.71. The molecule has 2 unspecified atom stereocenters. The lowest BCUT2D eigenvalue weighted by atomic mass is 9.85. The van der Waals surface area contributed by atoms with E-state index < -0.39 is 17.5 Å². The number of thioether (sulfide) groups is 1. The second-order valence-corrected chi connectivity index (χ2v) is 8.39. The van der Waals surface area contributed by atoms with Crippen LogP contribution in [0.4, 0.5) is 0 Å². The van der Waals surface area contributed by atoms with Gasteiger partial charge in [-0.2, -0.15) is 0 Å². The lowest BCUT2D eigenvalue weighted by Crippen LogP contribution is -2.49. The van der Waals surface area contributed by atoms with Crippen LogP contribution in [0, 0.1) is 5.92 Å². The van der Waals surface area contributed by atoms with Crippen molar-refractivity contribution in [3.05, 3.63) is 78.4 Å². The van der Waals surface area contributed by atoms with Crippen molar-refractivity contribution in [3.63, 3.8) is 0 Å². The van der Waals surface area contributed by atoms with E-state index in [4.69, 9.17) is 0 Å². The molecule has 0 aromatic heterocycles. The van der Waals surface area contributed by atoms with Crippen molar-refractivity contribution in [1.29, 1.82) is 0 Å². The summed E-state index contributed by atoms with van der Waals surface area (Å²) in [5, 5.41) is 22.7. The van der Waals surface area contributed by atoms with Gasteiger partial charge in [0, 0.05) is 16.6 Å². The van der Waals surface area contributed by atoms with Crippen molar-refractivity contribution >= 4 is 37.0 Å². The maximum absolute atomic E-state index is 11.8. The fourth-order valence-corrected chi connectivity index (χ4v) is 4.94. The fraction of sp³-hybridized carbons (Fsp3) is 0.227. The average molecular weight is 412 g/mol. The summed E-state index contributed by atoms with van der Waals surface area (Å²) in [6, 6.07) is 23.6. The highest BCUT2D eigenvalue weighted by atomic mass is 32.2. The van der Waals surface area contributed by atoms with Gasteiger partial charge in [-0.1, -0.05) is 60.7 Å². The summed E-state index contributed by atoms with van der Waals surface area (Å²) < 4.78 is 11.2. The van der Waals surface area contributed by atoms with Gasteiger partial charge in [-0.05, 0) is 34.9 Å². The molecule has 6 heteroatoms. The van der Waals surface area contributed by atoms with Crippen molar-refractivity contribution in [3.8, 4) is 0 Å². The molecule has 0 aliphatic carbocycles. The molecule has 0 bridgehead atoms. The minimum Gasteiger partial charge on any atom is -0.479 e. The summed E-state index contributed by atoms with van der Waals surface area (Å²) in [4.78, 5) is 12.8. The third-order valence-electron chi connectivity index (χ3n) is 4.85. The van der Waals surface area contributed by atoms with Crippen LogP contribution in [-0.2, 0) is 15.8 Å². The largest absolute Gasteiger partial charge is 0.479 e. The summed E-state index contributed by atoms with van der Waals surface area (Å²) in [5.74, 6) is -1.54. The highest BCUT2D eigenvalue weighted by Gasteiger charge is 2.44. The Balaban J connectivity index is 1.84. The van der Waals surface area contributed by atoms with Gasteiger partial charge in [-0.3, -0.25) is 4.57 Å². The van der Waals surface area contributed by atoms with Gasteiger partial charge in [0.1, 0.15) is 0 Å². The van der Waals surface area contributed by atoms with E-state index in [9.17, 15) is 19.6 Å². The highest BCUT2D eigenvalue weighted by Crippen LogP contribution is 2.33. The molecule has 2 atom stereocenters.